The summed E-state index contributed by atoms with van der Waals surface area (Å²) in [5, 5.41) is 11.9. The first-order valence-electron chi connectivity index (χ1n) is 10.4. The van der Waals surface area contributed by atoms with E-state index in [4.69, 9.17) is 16.0 Å². The Labute approximate surface area is 187 Å². The van der Waals surface area contributed by atoms with Gasteiger partial charge in [0.2, 0.25) is 17.7 Å². The topological polar surface area (TPSA) is 74.5 Å². The Hall–Kier alpha value is -2.74. The third kappa shape index (κ3) is 5.31. The van der Waals surface area contributed by atoms with Crippen molar-refractivity contribution in [2.75, 3.05) is 38.0 Å². The lowest BCUT2D eigenvalue weighted by atomic mass is 10.1. The summed E-state index contributed by atoms with van der Waals surface area (Å²) in [5.74, 6) is 1.09. The van der Waals surface area contributed by atoms with E-state index in [9.17, 15) is 4.79 Å². The fourth-order valence-corrected chi connectivity index (χ4v) is 3.82. The van der Waals surface area contributed by atoms with Crippen LogP contribution in [-0.4, -0.2) is 58.6 Å². The predicted molar refractivity (Wildman–Crippen MR) is 121 cm³/mol. The molecular formula is C23H26ClN5O2. The van der Waals surface area contributed by atoms with Crippen LogP contribution in [0, 0.1) is 6.92 Å². The fourth-order valence-electron chi connectivity index (χ4n) is 3.64. The van der Waals surface area contributed by atoms with E-state index in [0.29, 0.717) is 29.0 Å². The molecule has 1 N–H and O–H groups in total. The van der Waals surface area contributed by atoms with E-state index >= 15 is 0 Å². The van der Waals surface area contributed by atoms with Crippen molar-refractivity contribution in [3.63, 3.8) is 0 Å². The van der Waals surface area contributed by atoms with Crippen molar-refractivity contribution in [3.8, 4) is 11.5 Å². The summed E-state index contributed by atoms with van der Waals surface area (Å²) >= 11 is 6.12. The van der Waals surface area contributed by atoms with Crippen LogP contribution in [0.1, 0.15) is 24.4 Å². The summed E-state index contributed by atoms with van der Waals surface area (Å²) in [6.45, 7) is 7.69. The highest BCUT2D eigenvalue weighted by Crippen LogP contribution is 2.25. The number of carbonyl (C=O) groups excluding carboxylic acids is 1. The summed E-state index contributed by atoms with van der Waals surface area (Å²) in [6.07, 6.45) is 0. The minimum atomic E-state index is -0.0609. The molecule has 1 fully saturated rings. The molecule has 0 spiro atoms. The van der Waals surface area contributed by atoms with Crippen LogP contribution >= 0.6 is 11.6 Å². The maximum absolute atomic E-state index is 12.4. The number of aryl methyl sites for hydroxylation is 1. The van der Waals surface area contributed by atoms with Gasteiger partial charge in [-0.3, -0.25) is 14.6 Å². The third-order valence-corrected chi connectivity index (χ3v) is 5.90. The zero-order chi connectivity index (χ0) is 21.8. The molecule has 1 unspecified atom stereocenters. The molecule has 8 heteroatoms. The Morgan fingerprint density at radius 1 is 1.10 bits per heavy atom. The normalized spacial score (nSPS) is 16.2. The lowest BCUT2D eigenvalue weighted by Crippen LogP contribution is -2.49. The van der Waals surface area contributed by atoms with Gasteiger partial charge in [0.15, 0.2) is 0 Å². The standard InChI is InChI=1S/C23H26ClN5O2/c1-16-7-9-18(10-8-16)23-27-26-22(31-23)17(2)29-13-11-28(12-14-29)15-21(30)25-20-6-4-3-5-19(20)24/h3-10,17H,11-15H2,1-2H3,(H,25,30). The second kappa shape index (κ2) is 9.60. The second-order valence-electron chi connectivity index (χ2n) is 7.83. The maximum atomic E-state index is 12.4. The number of para-hydroxylation sites is 1. The summed E-state index contributed by atoms with van der Waals surface area (Å²) < 4.78 is 5.94. The Bertz CT molecular complexity index is 1030. The highest BCUT2D eigenvalue weighted by Gasteiger charge is 2.26. The molecule has 1 aromatic heterocycles. The monoisotopic (exact) mass is 439 g/mol. The Morgan fingerprint density at radius 3 is 2.52 bits per heavy atom. The summed E-state index contributed by atoms with van der Waals surface area (Å²) in [5.41, 5.74) is 2.75. The zero-order valence-corrected chi connectivity index (χ0v) is 18.5. The van der Waals surface area contributed by atoms with E-state index in [1.165, 1.54) is 5.56 Å². The molecule has 1 amide bonds. The van der Waals surface area contributed by atoms with Crippen LogP contribution in [0.2, 0.25) is 5.02 Å². The maximum Gasteiger partial charge on any atom is 0.247 e. The molecule has 3 aromatic rings. The number of anilines is 1. The van der Waals surface area contributed by atoms with E-state index in [-0.39, 0.29) is 11.9 Å². The van der Waals surface area contributed by atoms with Crippen molar-refractivity contribution < 1.29 is 9.21 Å². The third-order valence-electron chi connectivity index (χ3n) is 5.57. The van der Waals surface area contributed by atoms with E-state index in [0.717, 1.165) is 31.7 Å². The number of hydrogen-bond donors (Lipinski definition) is 1. The first-order chi connectivity index (χ1) is 15.0. The molecule has 162 valence electrons. The number of rotatable bonds is 6. The zero-order valence-electron chi connectivity index (χ0n) is 17.7. The van der Waals surface area contributed by atoms with Gasteiger partial charge in [0, 0.05) is 31.7 Å². The molecule has 31 heavy (non-hydrogen) atoms. The van der Waals surface area contributed by atoms with Crippen molar-refractivity contribution in [3.05, 3.63) is 65.0 Å². The second-order valence-corrected chi connectivity index (χ2v) is 8.23. The molecule has 0 radical (unpaired) electrons. The van der Waals surface area contributed by atoms with Crippen molar-refractivity contribution in [1.82, 2.24) is 20.0 Å². The first kappa shape index (κ1) is 21.5. The van der Waals surface area contributed by atoms with Crippen molar-refractivity contribution in [1.29, 1.82) is 0 Å². The molecule has 7 nitrogen and oxygen atoms in total. The van der Waals surface area contributed by atoms with Gasteiger partial charge in [-0.15, -0.1) is 10.2 Å². The van der Waals surface area contributed by atoms with Gasteiger partial charge in [-0.1, -0.05) is 41.4 Å². The Kier molecular flexibility index (Phi) is 6.65. The number of halogens is 1. The van der Waals surface area contributed by atoms with Gasteiger partial charge in [-0.05, 0) is 38.1 Å². The molecule has 0 aliphatic carbocycles. The highest BCUT2D eigenvalue weighted by atomic mass is 35.5. The number of carbonyl (C=O) groups is 1. The molecule has 1 aliphatic heterocycles. The first-order valence-corrected chi connectivity index (χ1v) is 10.8. The molecule has 1 saturated heterocycles. The summed E-state index contributed by atoms with van der Waals surface area (Å²) in [4.78, 5) is 16.8. The van der Waals surface area contributed by atoms with Gasteiger partial charge in [-0.25, -0.2) is 0 Å². The van der Waals surface area contributed by atoms with Crippen LogP contribution in [0.3, 0.4) is 0 Å². The van der Waals surface area contributed by atoms with Gasteiger partial charge in [0.25, 0.3) is 0 Å². The average Bonchev–Trinajstić information content (AvgIpc) is 3.26. The van der Waals surface area contributed by atoms with Gasteiger partial charge >= 0.3 is 0 Å². The molecule has 1 atom stereocenters. The van der Waals surface area contributed by atoms with Crippen LogP contribution in [0.25, 0.3) is 11.5 Å². The summed E-state index contributed by atoms with van der Waals surface area (Å²) in [7, 11) is 0. The Balaban J connectivity index is 1.29. The molecule has 2 aromatic carbocycles. The van der Waals surface area contributed by atoms with E-state index in [2.05, 4.69) is 32.2 Å². The molecule has 2 heterocycles. The van der Waals surface area contributed by atoms with Crippen LogP contribution in [0.4, 0.5) is 5.69 Å². The number of piperazine rings is 1. The quantitative estimate of drug-likeness (QED) is 0.625. The van der Waals surface area contributed by atoms with E-state index in [1.54, 1.807) is 12.1 Å². The minimum Gasteiger partial charge on any atom is -0.419 e. The molecule has 4 rings (SSSR count). The smallest absolute Gasteiger partial charge is 0.247 e. The average molecular weight is 440 g/mol. The van der Waals surface area contributed by atoms with Crippen LogP contribution in [0.5, 0.6) is 0 Å². The highest BCUT2D eigenvalue weighted by molar-refractivity contribution is 6.33. The molecule has 1 aliphatic rings. The van der Waals surface area contributed by atoms with Crippen LogP contribution in [-0.2, 0) is 4.79 Å². The number of hydrogen-bond acceptors (Lipinski definition) is 6. The van der Waals surface area contributed by atoms with Crippen molar-refractivity contribution in [2.45, 2.75) is 19.9 Å². The van der Waals surface area contributed by atoms with Gasteiger partial charge in [0.05, 0.1) is 23.3 Å². The molecule has 0 bridgehead atoms. The number of benzene rings is 2. The van der Waals surface area contributed by atoms with Gasteiger partial charge in [-0.2, -0.15) is 0 Å². The molecular weight excluding hydrogens is 414 g/mol. The van der Waals surface area contributed by atoms with Gasteiger partial charge in [0.1, 0.15) is 0 Å². The SMILES string of the molecule is Cc1ccc(-c2nnc(C(C)N3CCN(CC(=O)Nc4ccccc4Cl)CC3)o2)cc1. The van der Waals surface area contributed by atoms with Crippen LogP contribution in [0.15, 0.2) is 52.9 Å². The number of amides is 1. The van der Waals surface area contributed by atoms with Crippen molar-refractivity contribution >= 4 is 23.2 Å². The number of nitrogens with one attached hydrogen (secondary N) is 1. The lowest BCUT2D eigenvalue weighted by Gasteiger charge is -2.36. The Morgan fingerprint density at radius 2 is 1.81 bits per heavy atom. The number of nitrogens with zero attached hydrogens (tertiary/aromatic N) is 4. The fraction of sp³-hybridized carbons (Fsp3) is 0.348. The minimum absolute atomic E-state index is 0.0193. The van der Waals surface area contributed by atoms with Gasteiger partial charge < -0.3 is 9.73 Å². The van der Waals surface area contributed by atoms with E-state index in [1.807, 2.05) is 43.3 Å². The largest absolute Gasteiger partial charge is 0.419 e. The predicted octanol–water partition coefficient (Wildman–Crippen LogP) is 4.02. The summed E-state index contributed by atoms with van der Waals surface area (Å²) in [6, 6.07) is 15.3. The van der Waals surface area contributed by atoms with E-state index < -0.39 is 0 Å². The van der Waals surface area contributed by atoms with Crippen molar-refractivity contribution in [2.24, 2.45) is 0 Å². The van der Waals surface area contributed by atoms with Crippen LogP contribution < -0.4 is 5.32 Å². The molecule has 0 saturated carbocycles. The lowest BCUT2D eigenvalue weighted by molar-refractivity contribution is -0.117. The number of aromatic nitrogens is 2.